The van der Waals surface area contributed by atoms with Crippen molar-refractivity contribution in [2.24, 2.45) is 0 Å². The van der Waals surface area contributed by atoms with Crippen molar-refractivity contribution in [3.63, 3.8) is 0 Å². The van der Waals surface area contributed by atoms with Crippen LogP contribution in [-0.2, 0) is 11.3 Å². The summed E-state index contributed by atoms with van der Waals surface area (Å²) in [5.41, 5.74) is -0.195. The lowest BCUT2D eigenvalue weighted by Crippen LogP contribution is -2.48. The molecule has 246 valence electrons. The molecule has 2 amide bonds. The van der Waals surface area contributed by atoms with E-state index in [9.17, 15) is 18.4 Å². The molecule has 13 nitrogen and oxygen atoms in total. The Morgan fingerprint density at radius 2 is 1.70 bits per heavy atom. The molecule has 2 atom stereocenters. The number of ether oxygens (including phenoxy) is 1. The maximum absolute atomic E-state index is 14.9. The maximum atomic E-state index is 14.9. The van der Waals surface area contributed by atoms with Gasteiger partial charge in [-0.25, -0.2) is 23.5 Å². The number of aromatic nitrogens is 6. The zero-order valence-electron chi connectivity index (χ0n) is 26.6. The van der Waals surface area contributed by atoms with E-state index in [1.807, 2.05) is 11.8 Å². The summed E-state index contributed by atoms with van der Waals surface area (Å²) in [6.45, 7) is 9.78. The predicted octanol–water partition coefficient (Wildman–Crippen LogP) is 3.53. The van der Waals surface area contributed by atoms with Gasteiger partial charge in [0, 0.05) is 56.6 Å². The van der Waals surface area contributed by atoms with Crippen LogP contribution in [0.1, 0.15) is 75.2 Å². The second-order valence-electron chi connectivity index (χ2n) is 13.1. The lowest BCUT2D eigenvalue weighted by Gasteiger charge is -2.38. The molecule has 1 aliphatic carbocycles. The Kier molecular flexibility index (Phi) is 8.75. The number of piperidine rings is 1. The molecule has 3 aliphatic rings. The fourth-order valence-electron chi connectivity index (χ4n) is 6.25. The van der Waals surface area contributed by atoms with Crippen LogP contribution in [0.2, 0.25) is 0 Å². The highest BCUT2D eigenvalue weighted by Gasteiger charge is 2.41. The average molecular weight is 639 g/mol. The molecule has 2 unspecified atom stereocenters. The summed E-state index contributed by atoms with van der Waals surface area (Å²) in [4.78, 5) is 42.9. The Bertz CT molecular complexity index is 1550. The van der Waals surface area contributed by atoms with Gasteiger partial charge >= 0.3 is 6.09 Å². The smallest absolute Gasteiger partial charge is 0.407 e. The van der Waals surface area contributed by atoms with E-state index in [0.717, 1.165) is 57.0 Å². The number of rotatable bonds is 8. The van der Waals surface area contributed by atoms with Crippen molar-refractivity contribution in [2.45, 2.75) is 89.6 Å². The Morgan fingerprint density at radius 1 is 1.00 bits per heavy atom. The quantitative estimate of drug-likeness (QED) is 0.391. The summed E-state index contributed by atoms with van der Waals surface area (Å²) in [5.74, 6) is -0.899. The van der Waals surface area contributed by atoms with Gasteiger partial charge in [-0.1, -0.05) is 5.10 Å². The van der Waals surface area contributed by atoms with Crippen LogP contribution in [-0.4, -0.2) is 97.0 Å². The number of amides is 2. The number of nitrogens with one attached hydrogen (secondary N) is 1. The number of benzene rings is 1. The van der Waals surface area contributed by atoms with Gasteiger partial charge in [-0.15, -0.1) is 5.10 Å². The zero-order valence-corrected chi connectivity index (χ0v) is 26.6. The van der Waals surface area contributed by atoms with Crippen LogP contribution in [0.25, 0.3) is 0 Å². The molecule has 0 radical (unpaired) electrons. The van der Waals surface area contributed by atoms with Gasteiger partial charge in [0.15, 0.2) is 0 Å². The second kappa shape index (κ2) is 12.8. The number of hydrogen-bond acceptors (Lipinski definition) is 10. The Hall–Kier alpha value is -4.43. The van der Waals surface area contributed by atoms with E-state index < -0.39 is 35.3 Å². The highest BCUT2D eigenvalue weighted by atomic mass is 19.1. The monoisotopic (exact) mass is 638 g/mol. The molecule has 1 N–H and O–H groups in total. The van der Waals surface area contributed by atoms with Gasteiger partial charge in [0.05, 0.1) is 18.2 Å². The van der Waals surface area contributed by atoms with Gasteiger partial charge in [-0.05, 0) is 82.4 Å². The van der Waals surface area contributed by atoms with Crippen LogP contribution in [0.5, 0.6) is 0 Å². The van der Waals surface area contributed by atoms with Gasteiger partial charge in [-0.3, -0.25) is 4.79 Å². The summed E-state index contributed by atoms with van der Waals surface area (Å²) in [6.07, 6.45) is 5.91. The number of hydrogen-bond donors (Lipinski definition) is 1. The second-order valence-corrected chi connectivity index (χ2v) is 13.1. The van der Waals surface area contributed by atoms with Gasteiger partial charge in [0.25, 0.3) is 11.9 Å². The fraction of sp³-hybridized carbons (Fsp3) is 0.581. The molecule has 2 aliphatic heterocycles. The first kappa shape index (κ1) is 31.5. The van der Waals surface area contributed by atoms with Crippen molar-refractivity contribution in [3.8, 4) is 0 Å². The number of nitrogens with zero attached hydrogens (tertiary/aromatic N) is 9. The first-order chi connectivity index (χ1) is 22.0. The van der Waals surface area contributed by atoms with Crippen molar-refractivity contribution in [3.05, 3.63) is 53.4 Å². The molecule has 46 heavy (non-hydrogen) atoms. The summed E-state index contributed by atoms with van der Waals surface area (Å²) in [7, 11) is 0. The number of halogens is 2. The zero-order chi connectivity index (χ0) is 32.6. The number of carbonyl (C=O) groups excluding carboxylic acids is 2. The number of tetrazole rings is 1. The van der Waals surface area contributed by atoms with Crippen molar-refractivity contribution >= 4 is 23.9 Å². The Balaban J connectivity index is 1.15. The van der Waals surface area contributed by atoms with Crippen LogP contribution in [0.3, 0.4) is 0 Å². The summed E-state index contributed by atoms with van der Waals surface area (Å²) in [5, 5.41) is 15.5. The molecule has 0 spiro atoms. The molecule has 0 bridgehead atoms. The van der Waals surface area contributed by atoms with E-state index >= 15 is 0 Å². The fourth-order valence-corrected chi connectivity index (χ4v) is 6.25. The SMILES string of the molecule is CCn1nnc(N2CCC(N(C(=O)c3cnc(N4CC(NC(=O)OC(C)(C)C)C(c5cc(F)ccc5F)C4)nc3)C3CC3)CC2)n1. The molecule has 15 heteroatoms. The molecule has 3 aromatic rings. The molecule has 2 aromatic heterocycles. The molecule has 1 aromatic carbocycles. The van der Waals surface area contributed by atoms with E-state index in [1.165, 1.54) is 12.4 Å². The van der Waals surface area contributed by atoms with Gasteiger partial charge in [0.2, 0.25) is 5.95 Å². The van der Waals surface area contributed by atoms with Crippen molar-refractivity contribution in [1.82, 2.24) is 40.4 Å². The Morgan fingerprint density at radius 3 is 2.33 bits per heavy atom. The minimum atomic E-state index is -0.730. The molecule has 4 heterocycles. The third-order valence-electron chi connectivity index (χ3n) is 8.59. The summed E-state index contributed by atoms with van der Waals surface area (Å²) < 4.78 is 34.5. The van der Waals surface area contributed by atoms with Gasteiger partial charge in [-0.2, -0.15) is 4.80 Å². The maximum Gasteiger partial charge on any atom is 0.407 e. The van der Waals surface area contributed by atoms with Crippen LogP contribution in [0.4, 0.5) is 25.5 Å². The topological polar surface area (TPSA) is 134 Å². The third kappa shape index (κ3) is 7.02. The Labute approximate surface area is 266 Å². The third-order valence-corrected chi connectivity index (χ3v) is 8.59. The lowest BCUT2D eigenvalue weighted by molar-refractivity contribution is 0.0503. The van der Waals surface area contributed by atoms with Crippen molar-refractivity contribution < 1.29 is 23.1 Å². The molecule has 2 saturated heterocycles. The normalized spacial score (nSPS) is 20.6. The minimum Gasteiger partial charge on any atom is -0.444 e. The van der Waals surface area contributed by atoms with E-state index in [4.69, 9.17) is 4.74 Å². The van der Waals surface area contributed by atoms with E-state index in [1.54, 1.807) is 30.5 Å². The lowest BCUT2D eigenvalue weighted by atomic mass is 9.94. The first-order valence-electron chi connectivity index (χ1n) is 15.9. The number of anilines is 2. The van der Waals surface area contributed by atoms with E-state index in [0.29, 0.717) is 24.0 Å². The largest absolute Gasteiger partial charge is 0.444 e. The summed E-state index contributed by atoms with van der Waals surface area (Å²) >= 11 is 0. The van der Waals surface area contributed by atoms with Crippen molar-refractivity contribution in [2.75, 3.05) is 36.0 Å². The molecular formula is C31H40F2N10O3. The van der Waals surface area contributed by atoms with Gasteiger partial charge in [0.1, 0.15) is 17.2 Å². The highest BCUT2D eigenvalue weighted by Crippen LogP contribution is 2.35. The van der Waals surface area contributed by atoms with Crippen LogP contribution < -0.4 is 15.1 Å². The van der Waals surface area contributed by atoms with E-state index in [-0.39, 0.29) is 36.6 Å². The molecule has 6 rings (SSSR count). The van der Waals surface area contributed by atoms with Crippen LogP contribution >= 0.6 is 0 Å². The number of aryl methyl sites for hydroxylation is 1. The number of carbonyl (C=O) groups is 2. The van der Waals surface area contributed by atoms with Gasteiger partial charge < -0.3 is 24.8 Å². The molecular weight excluding hydrogens is 598 g/mol. The van der Waals surface area contributed by atoms with E-state index in [2.05, 4.69) is 35.6 Å². The molecule has 1 saturated carbocycles. The minimum absolute atomic E-state index is 0.0809. The van der Waals surface area contributed by atoms with Crippen LogP contribution in [0.15, 0.2) is 30.6 Å². The van der Waals surface area contributed by atoms with Crippen molar-refractivity contribution in [1.29, 1.82) is 0 Å². The number of alkyl carbamates (subject to hydrolysis) is 1. The standard InChI is InChI=1S/C31H40F2N10O3/c1-5-42-38-29(37-39-42)40-12-10-22(11-13-40)43(21-7-8-21)27(44)19-15-34-28(35-16-19)41-17-24(23-14-20(32)6-9-25(23)33)26(18-41)36-30(45)46-31(2,3)4/h6,9,14-16,21-22,24,26H,5,7-8,10-13,17-18H2,1-4H3,(H,36,45). The average Bonchev–Trinajstić information content (AvgIpc) is 3.58. The predicted molar refractivity (Wildman–Crippen MR) is 164 cm³/mol. The highest BCUT2D eigenvalue weighted by molar-refractivity contribution is 5.94. The first-order valence-corrected chi connectivity index (χ1v) is 15.9. The summed E-state index contributed by atoms with van der Waals surface area (Å²) in [6, 6.07) is 2.97. The molecule has 3 fully saturated rings. The van der Waals surface area contributed by atoms with Crippen LogP contribution in [0, 0.1) is 11.6 Å².